The fourth-order valence-corrected chi connectivity index (χ4v) is 2.20. The molecular weight excluding hydrogens is 276 g/mol. The first-order valence-corrected chi connectivity index (χ1v) is 6.47. The summed E-state index contributed by atoms with van der Waals surface area (Å²) in [6.45, 7) is 1.53. The number of ketones is 1. The van der Waals surface area contributed by atoms with Crippen molar-refractivity contribution in [1.82, 2.24) is 0 Å². The third kappa shape index (κ3) is 2.78. The molecule has 2 rings (SSSR count). The second-order valence-corrected chi connectivity index (χ2v) is 4.73. The number of methoxy groups -OCH3 is 2. The van der Waals surface area contributed by atoms with Crippen LogP contribution >= 0.6 is 11.6 Å². The first kappa shape index (κ1) is 14.4. The lowest BCUT2D eigenvalue weighted by atomic mass is 10.0. The summed E-state index contributed by atoms with van der Waals surface area (Å²) in [4.78, 5) is 11.5. The molecule has 3 nitrogen and oxygen atoms in total. The van der Waals surface area contributed by atoms with E-state index in [9.17, 15) is 4.79 Å². The summed E-state index contributed by atoms with van der Waals surface area (Å²) in [5.41, 5.74) is 2.29. The van der Waals surface area contributed by atoms with Crippen molar-refractivity contribution < 1.29 is 14.3 Å². The molecule has 0 saturated heterocycles. The average Bonchev–Trinajstić information content (AvgIpc) is 2.46. The van der Waals surface area contributed by atoms with Gasteiger partial charge >= 0.3 is 0 Å². The summed E-state index contributed by atoms with van der Waals surface area (Å²) in [5.74, 6) is 1.27. The lowest BCUT2D eigenvalue weighted by molar-refractivity contribution is 0.101. The van der Waals surface area contributed by atoms with Gasteiger partial charge in [-0.05, 0) is 42.8 Å². The molecule has 0 unspecified atom stereocenters. The third-order valence-electron chi connectivity index (χ3n) is 3.07. The molecule has 0 aliphatic carbocycles. The topological polar surface area (TPSA) is 35.5 Å². The van der Waals surface area contributed by atoms with Gasteiger partial charge in [-0.15, -0.1) is 0 Å². The number of hydrogen-bond acceptors (Lipinski definition) is 3. The Balaban J connectivity index is 2.56. The SMILES string of the molecule is COc1ccc(-c2cc(C(C)=O)ccc2Cl)cc1OC. The zero-order valence-corrected chi connectivity index (χ0v) is 12.3. The fraction of sp³-hybridized carbons (Fsp3) is 0.188. The number of carbonyl (C=O) groups is 1. The smallest absolute Gasteiger partial charge is 0.161 e. The van der Waals surface area contributed by atoms with Gasteiger partial charge in [-0.25, -0.2) is 0 Å². The zero-order valence-electron chi connectivity index (χ0n) is 11.6. The second-order valence-electron chi connectivity index (χ2n) is 4.32. The number of Topliss-reactive ketones (excluding diaryl/α,β-unsaturated/α-hetero) is 1. The van der Waals surface area contributed by atoms with E-state index in [0.717, 1.165) is 11.1 Å². The molecule has 0 bridgehead atoms. The standard InChI is InChI=1S/C16H15ClO3/c1-10(18)11-4-6-14(17)13(8-11)12-5-7-15(19-2)16(9-12)20-3/h4-9H,1-3H3. The maximum atomic E-state index is 11.5. The second kappa shape index (κ2) is 5.97. The molecule has 0 radical (unpaired) electrons. The van der Waals surface area contributed by atoms with Crippen molar-refractivity contribution >= 4 is 17.4 Å². The van der Waals surface area contributed by atoms with Crippen molar-refractivity contribution in [2.75, 3.05) is 14.2 Å². The molecule has 0 aliphatic heterocycles. The first-order valence-electron chi connectivity index (χ1n) is 6.09. The van der Waals surface area contributed by atoms with Crippen molar-refractivity contribution in [3.8, 4) is 22.6 Å². The van der Waals surface area contributed by atoms with Crippen LogP contribution in [0.5, 0.6) is 11.5 Å². The van der Waals surface area contributed by atoms with Crippen LogP contribution in [0.15, 0.2) is 36.4 Å². The van der Waals surface area contributed by atoms with E-state index in [4.69, 9.17) is 21.1 Å². The number of ether oxygens (including phenoxy) is 2. The minimum Gasteiger partial charge on any atom is -0.493 e. The molecule has 4 heteroatoms. The minimum atomic E-state index is 0.00314. The lowest BCUT2D eigenvalue weighted by Crippen LogP contribution is -1.94. The summed E-state index contributed by atoms with van der Waals surface area (Å²) in [7, 11) is 3.16. The average molecular weight is 291 g/mol. The van der Waals surface area contributed by atoms with Gasteiger partial charge in [0.25, 0.3) is 0 Å². The molecule has 0 N–H and O–H groups in total. The Kier molecular flexibility index (Phi) is 4.30. The van der Waals surface area contributed by atoms with Gasteiger partial charge in [-0.2, -0.15) is 0 Å². The summed E-state index contributed by atoms with van der Waals surface area (Å²) < 4.78 is 10.5. The molecule has 0 atom stereocenters. The Hall–Kier alpha value is -2.00. The number of benzene rings is 2. The molecule has 0 spiro atoms. The largest absolute Gasteiger partial charge is 0.493 e. The van der Waals surface area contributed by atoms with E-state index in [0.29, 0.717) is 22.1 Å². The van der Waals surface area contributed by atoms with Gasteiger partial charge in [0.1, 0.15) is 0 Å². The van der Waals surface area contributed by atoms with Crippen molar-refractivity contribution in [3.63, 3.8) is 0 Å². The monoisotopic (exact) mass is 290 g/mol. The zero-order chi connectivity index (χ0) is 14.7. The maximum Gasteiger partial charge on any atom is 0.161 e. The van der Waals surface area contributed by atoms with Crippen LogP contribution in [-0.4, -0.2) is 20.0 Å². The van der Waals surface area contributed by atoms with Gasteiger partial charge in [-0.3, -0.25) is 4.79 Å². The quantitative estimate of drug-likeness (QED) is 0.791. The van der Waals surface area contributed by atoms with E-state index >= 15 is 0 Å². The molecular formula is C16H15ClO3. The van der Waals surface area contributed by atoms with Crippen LogP contribution in [0.3, 0.4) is 0 Å². The Morgan fingerprint density at radius 1 is 1.00 bits per heavy atom. The van der Waals surface area contributed by atoms with Crippen LogP contribution in [0, 0.1) is 0 Å². The van der Waals surface area contributed by atoms with Crippen LogP contribution in [0.2, 0.25) is 5.02 Å². The highest BCUT2D eigenvalue weighted by Crippen LogP contribution is 2.35. The van der Waals surface area contributed by atoms with Crippen molar-refractivity contribution in [2.24, 2.45) is 0 Å². The van der Waals surface area contributed by atoms with Gasteiger partial charge in [0, 0.05) is 16.1 Å². The highest BCUT2D eigenvalue weighted by Gasteiger charge is 2.11. The first-order chi connectivity index (χ1) is 9.56. The number of rotatable bonds is 4. The predicted octanol–water partition coefficient (Wildman–Crippen LogP) is 4.23. The molecule has 2 aromatic carbocycles. The Labute approximate surface area is 123 Å². The van der Waals surface area contributed by atoms with Crippen LogP contribution in [0.25, 0.3) is 11.1 Å². The van der Waals surface area contributed by atoms with Gasteiger partial charge in [0.05, 0.1) is 14.2 Å². The fourth-order valence-electron chi connectivity index (χ4n) is 1.97. The Bertz CT molecular complexity index is 650. The van der Waals surface area contributed by atoms with Crippen LogP contribution in [0.4, 0.5) is 0 Å². The Morgan fingerprint density at radius 2 is 1.70 bits per heavy atom. The number of hydrogen-bond donors (Lipinski definition) is 0. The number of carbonyl (C=O) groups excluding carboxylic acids is 1. The molecule has 20 heavy (non-hydrogen) atoms. The van der Waals surface area contributed by atoms with Crippen molar-refractivity contribution in [3.05, 3.63) is 47.0 Å². The molecule has 2 aromatic rings. The van der Waals surface area contributed by atoms with Crippen LogP contribution in [-0.2, 0) is 0 Å². The molecule has 0 heterocycles. The molecule has 0 amide bonds. The van der Waals surface area contributed by atoms with E-state index in [1.807, 2.05) is 18.2 Å². The molecule has 0 aliphatic rings. The summed E-state index contributed by atoms with van der Waals surface area (Å²) in [6.07, 6.45) is 0. The number of halogens is 1. The van der Waals surface area contributed by atoms with Crippen LogP contribution in [0.1, 0.15) is 17.3 Å². The summed E-state index contributed by atoms with van der Waals surface area (Å²) in [6, 6.07) is 10.8. The van der Waals surface area contributed by atoms with E-state index in [1.54, 1.807) is 32.4 Å². The molecule has 0 aromatic heterocycles. The maximum absolute atomic E-state index is 11.5. The van der Waals surface area contributed by atoms with E-state index in [-0.39, 0.29) is 5.78 Å². The predicted molar refractivity (Wildman–Crippen MR) is 80.0 cm³/mol. The van der Waals surface area contributed by atoms with Gasteiger partial charge in [0.2, 0.25) is 0 Å². The lowest BCUT2D eigenvalue weighted by Gasteiger charge is -2.11. The third-order valence-corrected chi connectivity index (χ3v) is 3.40. The van der Waals surface area contributed by atoms with Gasteiger partial charge in [0.15, 0.2) is 17.3 Å². The summed E-state index contributed by atoms with van der Waals surface area (Å²) >= 11 is 6.22. The van der Waals surface area contributed by atoms with Crippen molar-refractivity contribution in [2.45, 2.75) is 6.92 Å². The minimum absolute atomic E-state index is 0.00314. The van der Waals surface area contributed by atoms with Gasteiger partial charge < -0.3 is 9.47 Å². The summed E-state index contributed by atoms with van der Waals surface area (Å²) in [5, 5.41) is 0.585. The van der Waals surface area contributed by atoms with E-state index < -0.39 is 0 Å². The highest BCUT2D eigenvalue weighted by molar-refractivity contribution is 6.33. The molecule has 0 saturated carbocycles. The van der Waals surface area contributed by atoms with Crippen LogP contribution < -0.4 is 9.47 Å². The Morgan fingerprint density at radius 3 is 2.30 bits per heavy atom. The van der Waals surface area contributed by atoms with E-state index in [2.05, 4.69) is 0 Å². The van der Waals surface area contributed by atoms with Gasteiger partial charge in [-0.1, -0.05) is 17.7 Å². The highest BCUT2D eigenvalue weighted by atomic mass is 35.5. The normalized spacial score (nSPS) is 10.2. The van der Waals surface area contributed by atoms with Crippen molar-refractivity contribution in [1.29, 1.82) is 0 Å². The van der Waals surface area contributed by atoms with E-state index in [1.165, 1.54) is 6.92 Å². The molecule has 104 valence electrons. The molecule has 0 fully saturated rings.